The number of nitrogens with zero attached hydrogens (tertiary/aromatic N) is 1. The Labute approximate surface area is 124 Å². The van der Waals surface area contributed by atoms with E-state index >= 15 is 0 Å². The molecule has 0 fully saturated rings. The fourth-order valence-electron chi connectivity index (χ4n) is 2.02. The molecule has 0 aliphatic carbocycles. The molecule has 0 heterocycles. The van der Waals surface area contributed by atoms with Crippen LogP contribution in [0.25, 0.3) is 0 Å². The van der Waals surface area contributed by atoms with Gasteiger partial charge in [-0.15, -0.1) is 0 Å². The third-order valence-corrected chi connectivity index (χ3v) is 3.14. The van der Waals surface area contributed by atoms with E-state index in [-0.39, 0.29) is 11.7 Å². The number of anilines is 1. The average molecular weight is 286 g/mol. The second kappa shape index (κ2) is 7.55. The fourth-order valence-corrected chi connectivity index (χ4v) is 2.02. The summed E-state index contributed by atoms with van der Waals surface area (Å²) in [6.07, 6.45) is 0.403. The lowest BCUT2D eigenvalue weighted by atomic mass is 10.2. The number of nitrogens with one attached hydrogen (secondary N) is 1. The predicted octanol–water partition coefficient (Wildman–Crippen LogP) is 3.29. The number of hydrogen-bond acceptors (Lipinski definition) is 2. The molecule has 0 atom stereocenters. The van der Waals surface area contributed by atoms with Crippen LogP contribution in [0, 0.1) is 5.82 Å². The summed E-state index contributed by atoms with van der Waals surface area (Å²) < 4.78 is 12.8. The Bertz CT molecular complexity index is 569. The van der Waals surface area contributed by atoms with Gasteiger partial charge in [-0.25, -0.2) is 4.39 Å². The summed E-state index contributed by atoms with van der Waals surface area (Å²) in [7, 11) is 1.98. The Morgan fingerprint density at radius 1 is 1.10 bits per heavy atom. The van der Waals surface area contributed by atoms with Gasteiger partial charge >= 0.3 is 0 Å². The molecule has 3 nitrogen and oxygen atoms in total. The normalized spacial score (nSPS) is 10.6. The summed E-state index contributed by atoms with van der Waals surface area (Å²) in [4.78, 5) is 13.9. The zero-order chi connectivity index (χ0) is 15.1. The van der Waals surface area contributed by atoms with Crippen molar-refractivity contribution in [2.45, 2.75) is 13.0 Å². The molecule has 1 N–H and O–H groups in total. The van der Waals surface area contributed by atoms with Gasteiger partial charge < -0.3 is 10.2 Å². The summed E-state index contributed by atoms with van der Waals surface area (Å²) in [5.74, 6) is -0.378. The first kappa shape index (κ1) is 15.2. The van der Waals surface area contributed by atoms with E-state index in [4.69, 9.17) is 0 Å². The number of rotatable bonds is 6. The molecule has 110 valence electrons. The van der Waals surface area contributed by atoms with Crippen LogP contribution in [-0.2, 0) is 11.3 Å². The number of hydrogen-bond donors (Lipinski definition) is 1. The van der Waals surface area contributed by atoms with E-state index < -0.39 is 0 Å². The molecule has 21 heavy (non-hydrogen) atoms. The van der Waals surface area contributed by atoms with Crippen molar-refractivity contribution in [1.29, 1.82) is 0 Å². The molecule has 0 aliphatic heterocycles. The van der Waals surface area contributed by atoms with Crippen molar-refractivity contribution in [2.24, 2.45) is 0 Å². The smallest absolute Gasteiger partial charge is 0.225 e. The molecule has 0 aromatic heterocycles. The van der Waals surface area contributed by atoms with Gasteiger partial charge in [-0.1, -0.05) is 30.3 Å². The Hall–Kier alpha value is -2.20. The van der Waals surface area contributed by atoms with Crippen LogP contribution in [0.3, 0.4) is 0 Å². The maximum atomic E-state index is 12.8. The minimum Gasteiger partial charge on any atom is -0.326 e. The molecule has 0 radical (unpaired) electrons. The van der Waals surface area contributed by atoms with E-state index in [0.717, 1.165) is 6.54 Å². The van der Waals surface area contributed by atoms with Crippen LogP contribution in [0.1, 0.15) is 12.0 Å². The Morgan fingerprint density at radius 3 is 2.43 bits per heavy atom. The van der Waals surface area contributed by atoms with E-state index in [1.807, 2.05) is 25.2 Å². The standard InChI is InChI=1S/C17H19FN2O/c1-20(13-14-5-3-2-4-6-14)12-11-17(21)19-16-9-7-15(18)8-10-16/h2-10H,11-13H2,1H3,(H,19,21). The van der Waals surface area contributed by atoms with Gasteiger partial charge in [-0.3, -0.25) is 4.79 Å². The first-order valence-electron chi connectivity index (χ1n) is 6.91. The van der Waals surface area contributed by atoms with E-state index in [0.29, 0.717) is 18.7 Å². The van der Waals surface area contributed by atoms with Gasteiger partial charge in [-0.05, 0) is 36.9 Å². The van der Waals surface area contributed by atoms with Gasteiger partial charge in [0.05, 0.1) is 0 Å². The SMILES string of the molecule is CN(CCC(=O)Nc1ccc(F)cc1)Cc1ccccc1. The van der Waals surface area contributed by atoms with Gasteiger partial charge in [0.25, 0.3) is 0 Å². The van der Waals surface area contributed by atoms with Crippen molar-refractivity contribution < 1.29 is 9.18 Å². The lowest BCUT2D eigenvalue weighted by molar-refractivity contribution is -0.116. The van der Waals surface area contributed by atoms with Crippen molar-refractivity contribution in [3.63, 3.8) is 0 Å². The van der Waals surface area contributed by atoms with Crippen LogP contribution >= 0.6 is 0 Å². The molecule has 2 aromatic rings. The number of carbonyl (C=O) groups is 1. The maximum absolute atomic E-state index is 12.8. The van der Waals surface area contributed by atoms with Crippen LogP contribution in [0.15, 0.2) is 54.6 Å². The first-order chi connectivity index (χ1) is 10.1. The van der Waals surface area contributed by atoms with Crippen LogP contribution < -0.4 is 5.32 Å². The second-order valence-electron chi connectivity index (χ2n) is 5.03. The van der Waals surface area contributed by atoms with Gasteiger partial charge in [0.1, 0.15) is 5.82 Å². The van der Waals surface area contributed by atoms with E-state index in [9.17, 15) is 9.18 Å². The molecule has 4 heteroatoms. The zero-order valence-corrected chi connectivity index (χ0v) is 12.1. The lowest BCUT2D eigenvalue weighted by Gasteiger charge is -2.16. The highest BCUT2D eigenvalue weighted by molar-refractivity contribution is 5.90. The average Bonchev–Trinajstić information content (AvgIpc) is 2.49. The second-order valence-corrected chi connectivity index (χ2v) is 5.03. The van der Waals surface area contributed by atoms with Gasteiger partial charge in [0, 0.05) is 25.2 Å². The number of benzene rings is 2. The van der Waals surface area contributed by atoms with Crippen molar-refractivity contribution in [1.82, 2.24) is 4.90 Å². The number of carbonyl (C=O) groups excluding carboxylic acids is 1. The monoisotopic (exact) mass is 286 g/mol. The largest absolute Gasteiger partial charge is 0.326 e. The summed E-state index contributed by atoms with van der Waals surface area (Å²) >= 11 is 0. The third-order valence-electron chi connectivity index (χ3n) is 3.14. The molecule has 0 aliphatic rings. The van der Waals surface area contributed by atoms with Crippen molar-refractivity contribution in [3.05, 3.63) is 66.0 Å². The number of amides is 1. The molecule has 0 saturated heterocycles. The summed E-state index contributed by atoms with van der Waals surface area (Å²) in [5.41, 5.74) is 1.84. The molecular formula is C17H19FN2O. The van der Waals surface area contributed by atoms with Crippen LogP contribution in [0.4, 0.5) is 10.1 Å². The third kappa shape index (κ3) is 5.36. The topological polar surface area (TPSA) is 32.3 Å². The Morgan fingerprint density at radius 2 is 1.76 bits per heavy atom. The first-order valence-corrected chi connectivity index (χ1v) is 6.91. The predicted molar refractivity (Wildman–Crippen MR) is 82.4 cm³/mol. The van der Waals surface area contributed by atoms with Gasteiger partial charge in [-0.2, -0.15) is 0 Å². The molecule has 2 rings (SSSR count). The van der Waals surface area contributed by atoms with E-state index in [1.165, 1.54) is 17.7 Å². The zero-order valence-electron chi connectivity index (χ0n) is 12.1. The molecule has 1 amide bonds. The summed E-state index contributed by atoms with van der Waals surface area (Å²) in [5, 5.41) is 2.76. The van der Waals surface area contributed by atoms with E-state index in [1.54, 1.807) is 12.1 Å². The quantitative estimate of drug-likeness (QED) is 0.883. The molecule has 2 aromatic carbocycles. The summed E-state index contributed by atoms with van der Waals surface area (Å²) in [6, 6.07) is 15.9. The van der Waals surface area contributed by atoms with Crippen LogP contribution in [-0.4, -0.2) is 24.4 Å². The van der Waals surface area contributed by atoms with Gasteiger partial charge in [0.2, 0.25) is 5.91 Å². The van der Waals surface area contributed by atoms with Gasteiger partial charge in [0.15, 0.2) is 0 Å². The van der Waals surface area contributed by atoms with Crippen LogP contribution in [0.5, 0.6) is 0 Å². The lowest BCUT2D eigenvalue weighted by Crippen LogP contribution is -2.24. The Balaban J connectivity index is 1.74. The van der Waals surface area contributed by atoms with Crippen LogP contribution in [0.2, 0.25) is 0 Å². The minimum atomic E-state index is -0.310. The molecule has 0 unspecified atom stereocenters. The molecule has 0 bridgehead atoms. The number of halogens is 1. The highest BCUT2D eigenvalue weighted by Crippen LogP contribution is 2.09. The maximum Gasteiger partial charge on any atom is 0.225 e. The van der Waals surface area contributed by atoms with E-state index in [2.05, 4.69) is 22.3 Å². The highest BCUT2D eigenvalue weighted by Gasteiger charge is 2.06. The van der Waals surface area contributed by atoms with Crippen molar-refractivity contribution in [2.75, 3.05) is 18.9 Å². The minimum absolute atomic E-state index is 0.0680. The Kier molecular flexibility index (Phi) is 5.46. The molecule has 0 spiro atoms. The fraction of sp³-hybridized carbons (Fsp3) is 0.235. The van der Waals surface area contributed by atoms with Crippen molar-refractivity contribution in [3.8, 4) is 0 Å². The highest BCUT2D eigenvalue weighted by atomic mass is 19.1. The molecule has 0 saturated carbocycles. The molecular weight excluding hydrogens is 267 g/mol. The summed E-state index contributed by atoms with van der Waals surface area (Å²) in [6.45, 7) is 1.48. The van der Waals surface area contributed by atoms with Crippen molar-refractivity contribution >= 4 is 11.6 Å².